The van der Waals surface area contributed by atoms with E-state index < -0.39 is 5.60 Å². The molecule has 0 aromatic carbocycles. The molecular weight excluding hydrogens is 274 g/mol. The first kappa shape index (κ1) is 13.8. The largest absolute Gasteiger partial charge is 0.449 e. The van der Waals surface area contributed by atoms with Crippen LogP contribution in [0.4, 0.5) is 0 Å². The number of nitrogens with zero attached hydrogens (tertiary/aromatic N) is 1. The van der Waals surface area contributed by atoms with Gasteiger partial charge in [0, 0.05) is 36.1 Å². The lowest BCUT2D eigenvalue weighted by Crippen LogP contribution is -2.48. The standard InChI is InChI=1S/C19H21NO2/c1-13(2)6-5-7-14-10-15-12-19(16(14)11-18(21)22-19)17-8-3-4-9-20(15)17/h10-11,15,17H,1,3-4,6,8-9,12H2,2H3/t15-,17?,19+/m1/s1. The van der Waals surface area contributed by atoms with Gasteiger partial charge in [-0.25, -0.2) is 4.79 Å². The molecule has 4 rings (SSSR count). The third kappa shape index (κ3) is 1.90. The Bertz CT molecular complexity index is 675. The molecular formula is C19H21NO2. The Morgan fingerprint density at radius 3 is 3.23 bits per heavy atom. The highest BCUT2D eigenvalue weighted by Gasteiger charge is 2.61. The molecule has 2 saturated heterocycles. The van der Waals surface area contributed by atoms with Crippen molar-refractivity contribution in [3.63, 3.8) is 0 Å². The van der Waals surface area contributed by atoms with Gasteiger partial charge in [0.05, 0.1) is 6.04 Å². The number of esters is 1. The molecule has 1 unspecified atom stereocenters. The SMILES string of the molecule is C=C(C)CC#CC1=C[C@@H]2C[C@@]3(OC(=O)C=C13)C1CCCCN12. The Balaban J connectivity index is 1.75. The van der Waals surface area contributed by atoms with E-state index in [1.165, 1.54) is 12.8 Å². The minimum absolute atomic E-state index is 0.198. The predicted octanol–water partition coefficient (Wildman–Crippen LogP) is 2.74. The van der Waals surface area contributed by atoms with E-state index in [-0.39, 0.29) is 5.97 Å². The van der Waals surface area contributed by atoms with Crippen molar-refractivity contribution in [3.8, 4) is 11.8 Å². The van der Waals surface area contributed by atoms with Gasteiger partial charge in [-0.15, -0.1) is 0 Å². The van der Waals surface area contributed by atoms with Crippen molar-refractivity contribution >= 4 is 5.97 Å². The molecule has 1 aliphatic carbocycles. The van der Waals surface area contributed by atoms with Gasteiger partial charge >= 0.3 is 5.97 Å². The van der Waals surface area contributed by atoms with Gasteiger partial charge in [0.1, 0.15) is 0 Å². The summed E-state index contributed by atoms with van der Waals surface area (Å²) in [6.45, 7) is 6.98. The van der Waals surface area contributed by atoms with Crippen LogP contribution in [0.15, 0.2) is 35.5 Å². The van der Waals surface area contributed by atoms with Crippen molar-refractivity contribution in [2.75, 3.05) is 6.54 Å². The zero-order chi connectivity index (χ0) is 15.3. The summed E-state index contributed by atoms with van der Waals surface area (Å²) in [5.74, 6) is 6.26. The van der Waals surface area contributed by atoms with Crippen LogP contribution >= 0.6 is 0 Å². The Hall–Kier alpha value is -1.79. The fourth-order valence-electron chi connectivity index (χ4n) is 4.46. The van der Waals surface area contributed by atoms with Crippen LogP contribution in [0.25, 0.3) is 0 Å². The summed E-state index contributed by atoms with van der Waals surface area (Å²) >= 11 is 0. The van der Waals surface area contributed by atoms with Gasteiger partial charge in [0.2, 0.25) is 0 Å². The number of rotatable bonds is 1. The summed E-state index contributed by atoms with van der Waals surface area (Å²) in [7, 11) is 0. The highest BCUT2D eigenvalue weighted by molar-refractivity contribution is 5.90. The molecule has 2 bridgehead atoms. The summed E-state index contributed by atoms with van der Waals surface area (Å²) in [5, 5.41) is 0. The normalized spacial score (nSPS) is 35.6. The zero-order valence-electron chi connectivity index (χ0n) is 13.0. The van der Waals surface area contributed by atoms with Crippen LogP contribution in [0, 0.1) is 11.8 Å². The average Bonchev–Trinajstić information content (AvgIpc) is 2.96. The van der Waals surface area contributed by atoms with Gasteiger partial charge in [0.25, 0.3) is 0 Å². The summed E-state index contributed by atoms with van der Waals surface area (Å²) in [6.07, 6.45) is 9.10. The molecule has 22 heavy (non-hydrogen) atoms. The van der Waals surface area contributed by atoms with E-state index >= 15 is 0 Å². The highest BCUT2D eigenvalue weighted by Crippen LogP contribution is 2.53. The maximum atomic E-state index is 12.0. The number of fused-ring (bicyclic) bond motifs is 3. The number of hydrogen-bond acceptors (Lipinski definition) is 3. The third-order valence-electron chi connectivity index (χ3n) is 5.28. The van der Waals surface area contributed by atoms with Crippen molar-refractivity contribution in [2.24, 2.45) is 0 Å². The molecule has 3 nitrogen and oxygen atoms in total. The number of ether oxygens (including phenoxy) is 1. The molecule has 0 aromatic heterocycles. The van der Waals surface area contributed by atoms with Gasteiger partial charge in [-0.1, -0.05) is 36.5 Å². The molecule has 3 atom stereocenters. The maximum absolute atomic E-state index is 12.0. The molecule has 3 heteroatoms. The van der Waals surface area contributed by atoms with Crippen LogP contribution in [0.3, 0.4) is 0 Å². The molecule has 1 spiro atoms. The summed E-state index contributed by atoms with van der Waals surface area (Å²) in [4.78, 5) is 14.5. The van der Waals surface area contributed by atoms with Gasteiger partial charge in [-0.2, -0.15) is 0 Å². The van der Waals surface area contributed by atoms with E-state index in [0.29, 0.717) is 18.5 Å². The van der Waals surface area contributed by atoms with Gasteiger partial charge in [-0.05, 0) is 26.3 Å². The Labute approximate surface area is 131 Å². The molecule has 3 aliphatic heterocycles. The van der Waals surface area contributed by atoms with E-state index in [1.807, 2.05) is 6.92 Å². The minimum Gasteiger partial charge on any atom is -0.449 e. The third-order valence-corrected chi connectivity index (χ3v) is 5.28. The molecule has 2 fully saturated rings. The second-order valence-electron chi connectivity index (χ2n) is 6.91. The second-order valence-corrected chi connectivity index (χ2v) is 6.91. The monoisotopic (exact) mass is 295 g/mol. The molecule has 0 N–H and O–H groups in total. The zero-order valence-corrected chi connectivity index (χ0v) is 13.0. The molecule has 0 radical (unpaired) electrons. The highest BCUT2D eigenvalue weighted by atomic mass is 16.6. The van der Waals surface area contributed by atoms with E-state index in [2.05, 4.69) is 29.4 Å². The first-order valence-electron chi connectivity index (χ1n) is 8.16. The fraction of sp³-hybridized carbons (Fsp3) is 0.526. The Morgan fingerprint density at radius 1 is 1.55 bits per heavy atom. The van der Waals surface area contributed by atoms with Crippen LogP contribution in [0.5, 0.6) is 0 Å². The average molecular weight is 295 g/mol. The van der Waals surface area contributed by atoms with Crippen LogP contribution in [0.2, 0.25) is 0 Å². The summed E-state index contributed by atoms with van der Waals surface area (Å²) < 4.78 is 5.87. The smallest absolute Gasteiger partial charge is 0.332 e. The van der Waals surface area contributed by atoms with Crippen LogP contribution in [-0.4, -0.2) is 35.1 Å². The van der Waals surface area contributed by atoms with Gasteiger partial charge in [-0.3, -0.25) is 4.90 Å². The van der Waals surface area contributed by atoms with E-state index in [4.69, 9.17) is 4.74 Å². The quantitative estimate of drug-likeness (QED) is 0.423. The van der Waals surface area contributed by atoms with Gasteiger partial charge < -0.3 is 4.74 Å². The van der Waals surface area contributed by atoms with E-state index in [9.17, 15) is 4.79 Å². The van der Waals surface area contributed by atoms with Gasteiger partial charge in [0.15, 0.2) is 5.60 Å². The lowest BCUT2D eigenvalue weighted by Gasteiger charge is -2.38. The Kier molecular flexibility index (Phi) is 3.06. The van der Waals surface area contributed by atoms with E-state index in [1.54, 1.807) is 6.08 Å². The number of allylic oxidation sites excluding steroid dienone is 1. The minimum atomic E-state index is -0.426. The molecule has 0 amide bonds. The molecule has 0 aromatic rings. The molecule has 4 aliphatic rings. The topological polar surface area (TPSA) is 29.5 Å². The van der Waals surface area contributed by atoms with Crippen molar-refractivity contribution in [2.45, 2.75) is 56.7 Å². The molecule has 3 heterocycles. The molecule has 114 valence electrons. The summed E-state index contributed by atoms with van der Waals surface area (Å²) in [5.41, 5.74) is 2.66. The van der Waals surface area contributed by atoms with Crippen molar-refractivity contribution < 1.29 is 9.53 Å². The summed E-state index contributed by atoms with van der Waals surface area (Å²) in [6, 6.07) is 0.697. The number of carbonyl (C=O) groups is 1. The van der Waals surface area contributed by atoms with E-state index in [0.717, 1.165) is 36.1 Å². The number of hydrogen-bond donors (Lipinski definition) is 0. The second kappa shape index (κ2) is 4.86. The van der Waals surface area contributed by atoms with Crippen molar-refractivity contribution in [1.29, 1.82) is 0 Å². The number of piperidine rings is 1. The maximum Gasteiger partial charge on any atom is 0.332 e. The van der Waals surface area contributed by atoms with Crippen molar-refractivity contribution in [1.82, 2.24) is 4.90 Å². The first-order valence-corrected chi connectivity index (χ1v) is 8.16. The van der Waals surface area contributed by atoms with Crippen LogP contribution < -0.4 is 0 Å². The number of carbonyl (C=O) groups excluding carboxylic acids is 1. The molecule has 0 saturated carbocycles. The fourth-order valence-corrected chi connectivity index (χ4v) is 4.46. The lowest BCUT2D eigenvalue weighted by molar-refractivity contribution is -0.148. The Morgan fingerprint density at radius 2 is 2.41 bits per heavy atom. The predicted molar refractivity (Wildman–Crippen MR) is 84.9 cm³/mol. The first-order chi connectivity index (χ1) is 10.6. The van der Waals surface area contributed by atoms with Crippen LogP contribution in [0.1, 0.15) is 39.0 Å². The lowest BCUT2D eigenvalue weighted by atomic mass is 9.77. The van der Waals surface area contributed by atoms with Crippen LogP contribution in [-0.2, 0) is 9.53 Å². The van der Waals surface area contributed by atoms with Crippen molar-refractivity contribution in [3.05, 3.63) is 35.5 Å².